The number of carboxylic acids is 3. The van der Waals surface area contributed by atoms with Gasteiger partial charge in [0, 0.05) is 19.4 Å². The minimum Gasteiger partial charge on any atom is -0.481 e. The van der Waals surface area contributed by atoms with Crippen LogP contribution >= 0.6 is 0 Å². The summed E-state index contributed by atoms with van der Waals surface area (Å²) < 4.78 is 0. The molecule has 0 saturated carbocycles. The van der Waals surface area contributed by atoms with E-state index in [1.54, 1.807) is 0 Å². The highest BCUT2D eigenvalue weighted by Gasteiger charge is 2.48. The number of nitrogens with zero attached hydrogens (tertiary/aromatic N) is 2. The Bertz CT molecular complexity index is 815. The number of carboxylic acid groups (broad SMARTS) is 3. The number of unbranched alkanes of at least 4 members (excludes halogenated alkanes) is 2. The van der Waals surface area contributed by atoms with Crippen LogP contribution in [0.2, 0.25) is 0 Å². The van der Waals surface area contributed by atoms with Crippen LogP contribution in [0.15, 0.2) is 0 Å². The molecule has 0 spiro atoms. The summed E-state index contributed by atoms with van der Waals surface area (Å²) >= 11 is 0. The minimum absolute atomic E-state index is 0.181. The number of nitrogens with two attached hydrogens (primary N) is 1. The lowest BCUT2D eigenvalue weighted by Gasteiger charge is -2.38. The van der Waals surface area contributed by atoms with E-state index in [0.717, 1.165) is 0 Å². The van der Waals surface area contributed by atoms with Crippen LogP contribution < -0.4 is 11.1 Å². The zero-order valence-electron chi connectivity index (χ0n) is 18.6. The van der Waals surface area contributed by atoms with Gasteiger partial charge in [-0.05, 0) is 45.1 Å². The van der Waals surface area contributed by atoms with Crippen molar-refractivity contribution in [2.24, 2.45) is 5.73 Å². The lowest BCUT2D eigenvalue weighted by Crippen LogP contribution is -2.63. The molecule has 1 heterocycles. The van der Waals surface area contributed by atoms with Gasteiger partial charge in [-0.3, -0.25) is 19.2 Å². The van der Waals surface area contributed by atoms with Crippen LogP contribution in [0.5, 0.6) is 0 Å². The lowest BCUT2D eigenvalue weighted by molar-refractivity contribution is -0.158. The fraction of sp³-hybridized carbons (Fsp3) is 0.650. The number of urea groups is 1. The second-order valence-corrected chi connectivity index (χ2v) is 7.72. The van der Waals surface area contributed by atoms with Gasteiger partial charge in [-0.2, -0.15) is 0 Å². The van der Waals surface area contributed by atoms with Crippen molar-refractivity contribution in [2.75, 3.05) is 13.1 Å². The molecule has 14 nitrogen and oxygen atoms in total. The second-order valence-electron chi connectivity index (χ2n) is 7.72. The second kappa shape index (κ2) is 13.9. The normalized spacial score (nSPS) is 15.7. The number of carbonyl (C=O) groups excluding carboxylic acids is 4. The number of nitrogens with one attached hydrogen (secondary N) is 1. The molecule has 2 atom stereocenters. The summed E-state index contributed by atoms with van der Waals surface area (Å²) in [5, 5.41) is 30.4. The highest BCUT2D eigenvalue weighted by atomic mass is 16.4. The molecule has 0 unspecified atom stereocenters. The molecule has 0 bridgehead atoms. The Kier molecular flexibility index (Phi) is 11.6. The summed E-state index contributed by atoms with van der Waals surface area (Å²) in [6.45, 7) is 0.726. The van der Waals surface area contributed by atoms with Gasteiger partial charge >= 0.3 is 23.9 Å². The Morgan fingerprint density at radius 1 is 0.824 bits per heavy atom. The molecule has 5 amide bonds. The molecule has 1 rings (SSSR count). The fourth-order valence-electron chi connectivity index (χ4n) is 3.44. The van der Waals surface area contributed by atoms with Crippen molar-refractivity contribution >= 4 is 41.7 Å². The first-order valence-electron chi connectivity index (χ1n) is 10.8. The van der Waals surface area contributed by atoms with E-state index in [2.05, 4.69) is 5.32 Å². The zero-order valence-corrected chi connectivity index (χ0v) is 18.6. The minimum atomic E-state index is -1.87. The maximum atomic E-state index is 12.9. The molecular formula is C20H30N4O10. The van der Waals surface area contributed by atoms with E-state index in [9.17, 15) is 43.8 Å². The molecule has 1 aliphatic heterocycles. The Morgan fingerprint density at radius 3 is 1.88 bits per heavy atom. The molecule has 190 valence electrons. The van der Waals surface area contributed by atoms with Crippen LogP contribution in [-0.2, 0) is 28.8 Å². The van der Waals surface area contributed by atoms with Crippen LogP contribution in [0.1, 0.15) is 57.8 Å². The van der Waals surface area contributed by atoms with Crippen molar-refractivity contribution in [1.29, 1.82) is 0 Å². The zero-order chi connectivity index (χ0) is 25.8. The topological polar surface area (TPSA) is 225 Å². The first-order chi connectivity index (χ1) is 16.0. The molecule has 1 aliphatic rings. The van der Waals surface area contributed by atoms with Crippen LogP contribution in [0, 0.1) is 0 Å². The first kappa shape index (κ1) is 28.5. The van der Waals surface area contributed by atoms with Crippen LogP contribution in [-0.4, -0.2) is 92.0 Å². The monoisotopic (exact) mass is 486 g/mol. The van der Waals surface area contributed by atoms with Gasteiger partial charge in [0.15, 0.2) is 0 Å². The van der Waals surface area contributed by atoms with Gasteiger partial charge < -0.3 is 26.4 Å². The molecule has 0 aromatic heterocycles. The third kappa shape index (κ3) is 8.42. The number of imide groups is 2. The first-order valence-corrected chi connectivity index (χ1v) is 10.8. The van der Waals surface area contributed by atoms with Crippen molar-refractivity contribution in [3.8, 4) is 0 Å². The number of amides is 5. The Hall–Kier alpha value is -3.55. The van der Waals surface area contributed by atoms with Crippen molar-refractivity contribution in [2.45, 2.75) is 69.9 Å². The van der Waals surface area contributed by atoms with Crippen LogP contribution in [0.3, 0.4) is 0 Å². The van der Waals surface area contributed by atoms with E-state index >= 15 is 0 Å². The van der Waals surface area contributed by atoms with Crippen LogP contribution in [0.25, 0.3) is 0 Å². The summed E-state index contributed by atoms with van der Waals surface area (Å²) in [5.74, 6) is -6.96. The molecule has 1 fully saturated rings. The molecule has 0 radical (unpaired) electrons. The predicted molar refractivity (Wildman–Crippen MR) is 113 cm³/mol. The summed E-state index contributed by atoms with van der Waals surface area (Å²) in [7, 11) is 0. The molecular weight excluding hydrogens is 456 g/mol. The van der Waals surface area contributed by atoms with Gasteiger partial charge in [0.25, 0.3) is 0 Å². The fourth-order valence-corrected chi connectivity index (χ4v) is 3.44. The molecule has 1 saturated heterocycles. The van der Waals surface area contributed by atoms with Gasteiger partial charge in [-0.15, -0.1) is 0 Å². The van der Waals surface area contributed by atoms with Crippen molar-refractivity contribution < 1.29 is 48.9 Å². The highest BCUT2D eigenvalue weighted by Crippen LogP contribution is 2.23. The van der Waals surface area contributed by atoms with Gasteiger partial charge in [0.05, 0.1) is 0 Å². The van der Waals surface area contributed by atoms with Gasteiger partial charge in [-0.25, -0.2) is 24.2 Å². The van der Waals surface area contributed by atoms with Gasteiger partial charge in [0.2, 0.25) is 17.7 Å². The Balaban J connectivity index is 2.83. The van der Waals surface area contributed by atoms with Gasteiger partial charge in [-0.1, -0.05) is 0 Å². The van der Waals surface area contributed by atoms with E-state index < -0.39 is 67.1 Å². The van der Waals surface area contributed by atoms with E-state index in [1.165, 1.54) is 0 Å². The Labute approximate surface area is 195 Å². The van der Waals surface area contributed by atoms with E-state index in [-0.39, 0.29) is 30.2 Å². The number of aliphatic carboxylic acids is 3. The summed E-state index contributed by atoms with van der Waals surface area (Å²) in [4.78, 5) is 83.9. The van der Waals surface area contributed by atoms with E-state index in [4.69, 9.17) is 10.8 Å². The number of hydrogen-bond acceptors (Lipinski definition) is 8. The summed E-state index contributed by atoms with van der Waals surface area (Å²) in [6.07, 6.45) is -0.173. The number of carbonyl (C=O) groups is 7. The maximum absolute atomic E-state index is 12.9. The smallest absolute Gasteiger partial charge is 0.335 e. The largest absolute Gasteiger partial charge is 0.481 e. The molecule has 0 aromatic rings. The van der Waals surface area contributed by atoms with Crippen LogP contribution in [0.4, 0.5) is 4.79 Å². The quantitative estimate of drug-likeness (QED) is 0.136. The maximum Gasteiger partial charge on any atom is 0.335 e. The number of barbiturate groups is 1. The summed E-state index contributed by atoms with van der Waals surface area (Å²) in [6, 6.07) is -4.94. The van der Waals surface area contributed by atoms with Gasteiger partial charge in [0.1, 0.15) is 18.5 Å². The molecule has 0 aliphatic carbocycles. The van der Waals surface area contributed by atoms with E-state index in [0.29, 0.717) is 37.1 Å². The highest BCUT2D eigenvalue weighted by molar-refractivity contribution is 6.16. The average molecular weight is 486 g/mol. The van der Waals surface area contributed by atoms with Crippen molar-refractivity contribution in [3.63, 3.8) is 0 Å². The Morgan fingerprint density at radius 2 is 1.38 bits per heavy atom. The molecule has 6 N–H and O–H groups in total. The predicted octanol–water partition coefficient (Wildman–Crippen LogP) is -0.646. The lowest BCUT2D eigenvalue weighted by atomic mass is 10.0. The third-order valence-corrected chi connectivity index (χ3v) is 5.16. The number of hydrogen-bond donors (Lipinski definition) is 5. The van der Waals surface area contributed by atoms with Crippen molar-refractivity contribution in [1.82, 2.24) is 15.1 Å². The average Bonchev–Trinajstić information content (AvgIpc) is 2.73. The third-order valence-electron chi connectivity index (χ3n) is 5.16. The summed E-state index contributed by atoms with van der Waals surface area (Å²) in [5.41, 5.74) is 5.36. The van der Waals surface area contributed by atoms with Crippen molar-refractivity contribution in [3.05, 3.63) is 0 Å². The standard InChI is InChI=1S/C20H30N4O10/c21-9-3-1-6-14(25)22-10-4-2-5-12(18(30)31)23-15(26)11-16(27)24(20(23)34)13(19(32)33)7-8-17(28)29/h12-13H,1-11,21H2,(H,22,25)(H,28,29)(H,30,31)(H,32,33)/t12-,13-/m0/s1. The molecule has 14 heteroatoms. The van der Waals surface area contributed by atoms with E-state index in [1.807, 2.05) is 0 Å². The SMILES string of the molecule is NCCCCC(=O)NCCCC[C@@H](C(=O)O)N1C(=O)CC(=O)N([C@@H](CCC(=O)O)C(=O)O)C1=O. The molecule has 0 aromatic carbocycles. The molecule has 34 heavy (non-hydrogen) atoms. The number of rotatable bonds is 16.